The van der Waals surface area contributed by atoms with Crippen molar-refractivity contribution < 1.29 is 4.79 Å². The second-order valence-corrected chi connectivity index (χ2v) is 4.20. The Hall–Kier alpha value is -1.40. The molecule has 0 saturated heterocycles. The minimum absolute atomic E-state index is 0.0608. The molecule has 0 bridgehead atoms. The van der Waals surface area contributed by atoms with Crippen LogP contribution < -0.4 is 0 Å². The van der Waals surface area contributed by atoms with Crippen LogP contribution in [0.1, 0.15) is 49.7 Å². The van der Waals surface area contributed by atoms with Crippen molar-refractivity contribution in [2.75, 3.05) is 0 Å². The van der Waals surface area contributed by atoms with Crippen molar-refractivity contribution in [1.29, 1.82) is 5.26 Å². The zero-order valence-corrected chi connectivity index (χ0v) is 11.0. The van der Waals surface area contributed by atoms with Crippen molar-refractivity contribution in [3.63, 3.8) is 0 Å². The van der Waals surface area contributed by atoms with Gasteiger partial charge in [0, 0.05) is 5.56 Å². The molecule has 0 atom stereocenters. The van der Waals surface area contributed by atoms with Crippen LogP contribution >= 0.6 is 11.6 Å². The maximum atomic E-state index is 11.2. The van der Waals surface area contributed by atoms with Crippen LogP contribution in [0, 0.1) is 11.3 Å². The van der Waals surface area contributed by atoms with Crippen LogP contribution in [0.4, 0.5) is 0 Å². The predicted molar refractivity (Wildman–Crippen MR) is 67.1 cm³/mol. The lowest BCUT2D eigenvalue weighted by Gasteiger charge is -2.07. The van der Waals surface area contributed by atoms with Gasteiger partial charge < -0.3 is 0 Å². The first-order valence-corrected chi connectivity index (χ1v) is 6.05. The lowest BCUT2D eigenvalue weighted by Crippen LogP contribution is -2.08. The highest BCUT2D eigenvalue weighted by Gasteiger charge is 2.46. The number of halogens is 1. The third-order valence-corrected chi connectivity index (χ3v) is 2.85. The van der Waals surface area contributed by atoms with Crippen LogP contribution in [0.5, 0.6) is 0 Å². The second-order valence-electron chi connectivity index (χ2n) is 3.81. The van der Waals surface area contributed by atoms with Crippen molar-refractivity contribution in [3.05, 3.63) is 28.5 Å². The maximum Gasteiger partial charge on any atom is 0.159 e. The Kier molecular flexibility index (Phi) is 4.25. The van der Waals surface area contributed by atoms with Gasteiger partial charge in [0.15, 0.2) is 5.78 Å². The summed E-state index contributed by atoms with van der Waals surface area (Å²) >= 11 is 5.81. The first kappa shape index (κ1) is 13.7. The Labute approximate surface area is 106 Å². The lowest BCUT2D eigenvalue weighted by atomic mass is 10.0. The Morgan fingerprint density at radius 3 is 2.47 bits per heavy atom. The van der Waals surface area contributed by atoms with E-state index in [1.54, 1.807) is 6.07 Å². The minimum atomic E-state index is -0.491. The maximum absolute atomic E-state index is 11.2. The molecule has 0 aromatic carbocycles. The van der Waals surface area contributed by atoms with Crippen LogP contribution in [0.25, 0.3) is 0 Å². The molecule has 1 fully saturated rings. The van der Waals surface area contributed by atoms with Gasteiger partial charge in [0.1, 0.15) is 5.15 Å². The summed E-state index contributed by atoms with van der Waals surface area (Å²) in [6, 6.07) is 5.43. The van der Waals surface area contributed by atoms with E-state index in [1.165, 1.54) is 13.0 Å². The summed E-state index contributed by atoms with van der Waals surface area (Å²) in [6.45, 7) is 5.47. The zero-order valence-electron chi connectivity index (χ0n) is 10.2. The van der Waals surface area contributed by atoms with Crippen molar-refractivity contribution in [2.45, 2.75) is 39.0 Å². The van der Waals surface area contributed by atoms with Gasteiger partial charge in [-0.3, -0.25) is 4.79 Å². The van der Waals surface area contributed by atoms with E-state index in [2.05, 4.69) is 11.1 Å². The molecular formula is C13H15ClN2O. The smallest absolute Gasteiger partial charge is 0.159 e. The molecule has 0 radical (unpaired) electrons. The second kappa shape index (κ2) is 5.29. The number of hydrogen-bond acceptors (Lipinski definition) is 3. The first-order valence-electron chi connectivity index (χ1n) is 5.68. The number of carbonyl (C=O) groups is 1. The van der Waals surface area contributed by atoms with Crippen LogP contribution in [0.3, 0.4) is 0 Å². The van der Waals surface area contributed by atoms with Gasteiger partial charge in [-0.25, -0.2) is 4.98 Å². The molecule has 1 aliphatic rings. The average molecular weight is 251 g/mol. The van der Waals surface area contributed by atoms with Gasteiger partial charge in [0.2, 0.25) is 0 Å². The summed E-state index contributed by atoms with van der Waals surface area (Å²) in [7, 11) is 0. The Morgan fingerprint density at radius 1 is 1.47 bits per heavy atom. The van der Waals surface area contributed by atoms with E-state index < -0.39 is 5.41 Å². The minimum Gasteiger partial charge on any atom is -0.295 e. The SMILES string of the molecule is CC.CC(=O)c1cc(Cl)nc(C2(C#N)CC2)c1. The number of ketones is 1. The quantitative estimate of drug-likeness (QED) is 0.596. The molecule has 90 valence electrons. The highest BCUT2D eigenvalue weighted by Crippen LogP contribution is 2.47. The van der Waals surface area contributed by atoms with Crippen LogP contribution in [-0.2, 0) is 5.41 Å². The van der Waals surface area contributed by atoms with Crippen molar-refractivity contribution in [3.8, 4) is 6.07 Å². The number of Topliss-reactive ketones (excluding diaryl/α,β-unsaturated/α-hetero) is 1. The zero-order chi connectivity index (χ0) is 13.1. The van der Waals surface area contributed by atoms with Gasteiger partial charge in [0.05, 0.1) is 17.2 Å². The number of carbonyl (C=O) groups excluding carboxylic acids is 1. The number of aromatic nitrogens is 1. The Balaban J connectivity index is 0.000000686. The fourth-order valence-electron chi connectivity index (χ4n) is 1.50. The van der Waals surface area contributed by atoms with Crippen molar-refractivity contribution in [2.24, 2.45) is 0 Å². The molecule has 0 amide bonds. The van der Waals surface area contributed by atoms with E-state index in [0.29, 0.717) is 11.3 Å². The van der Waals surface area contributed by atoms with Crippen molar-refractivity contribution >= 4 is 17.4 Å². The summed E-state index contributed by atoms with van der Waals surface area (Å²) in [5, 5.41) is 9.29. The fraction of sp³-hybridized carbons (Fsp3) is 0.462. The first-order chi connectivity index (χ1) is 8.07. The predicted octanol–water partition coefficient (Wildman–Crippen LogP) is 3.52. The molecule has 1 saturated carbocycles. The number of rotatable bonds is 2. The molecule has 0 aliphatic heterocycles. The normalized spacial score (nSPS) is 15.2. The highest BCUT2D eigenvalue weighted by molar-refractivity contribution is 6.29. The third kappa shape index (κ3) is 2.83. The van der Waals surface area contributed by atoms with E-state index >= 15 is 0 Å². The van der Waals surface area contributed by atoms with E-state index in [4.69, 9.17) is 16.9 Å². The lowest BCUT2D eigenvalue weighted by molar-refractivity contribution is 0.101. The number of pyridine rings is 1. The summed E-state index contributed by atoms with van der Waals surface area (Å²) in [6.07, 6.45) is 1.60. The van der Waals surface area contributed by atoms with Crippen LogP contribution in [-0.4, -0.2) is 10.8 Å². The van der Waals surface area contributed by atoms with E-state index in [1.807, 2.05) is 13.8 Å². The van der Waals surface area contributed by atoms with Crippen LogP contribution in [0.15, 0.2) is 12.1 Å². The van der Waals surface area contributed by atoms with E-state index in [0.717, 1.165) is 12.8 Å². The molecule has 3 nitrogen and oxygen atoms in total. The molecule has 0 N–H and O–H groups in total. The largest absolute Gasteiger partial charge is 0.295 e. The summed E-state index contributed by atoms with van der Waals surface area (Å²) in [5.41, 5.74) is 0.656. The number of hydrogen-bond donors (Lipinski definition) is 0. The van der Waals surface area contributed by atoms with Gasteiger partial charge in [-0.2, -0.15) is 5.26 Å². The molecule has 0 unspecified atom stereocenters. The molecule has 0 spiro atoms. The molecule has 1 aromatic heterocycles. The molecule has 17 heavy (non-hydrogen) atoms. The fourth-order valence-corrected chi connectivity index (χ4v) is 1.70. The van der Waals surface area contributed by atoms with Gasteiger partial charge >= 0.3 is 0 Å². The summed E-state index contributed by atoms with van der Waals surface area (Å²) in [4.78, 5) is 15.3. The van der Waals surface area contributed by atoms with E-state index in [9.17, 15) is 4.79 Å². The Morgan fingerprint density at radius 2 is 2.06 bits per heavy atom. The summed E-state index contributed by atoms with van der Waals surface area (Å²) in [5.74, 6) is -0.0608. The van der Waals surface area contributed by atoms with Gasteiger partial charge in [-0.15, -0.1) is 0 Å². The molecule has 1 aliphatic carbocycles. The monoisotopic (exact) mass is 250 g/mol. The molecule has 1 heterocycles. The highest BCUT2D eigenvalue weighted by atomic mass is 35.5. The molecule has 1 aromatic rings. The number of nitriles is 1. The van der Waals surface area contributed by atoms with Crippen molar-refractivity contribution in [1.82, 2.24) is 4.98 Å². The van der Waals surface area contributed by atoms with Gasteiger partial charge in [-0.05, 0) is 31.9 Å². The van der Waals surface area contributed by atoms with E-state index in [-0.39, 0.29) is 10.9 Å². The van der Waals surface area contributed by atoms with Gasteiger partial charge in [0.25, 0.3) is 0 Å². The molecule has 4 heteroatoms. The summed E-state index contributed by atoms with van der Waals surface area (Å²) < 4.78 is 0. The third-order valence-electron chi connectivity index (χ3n) is 2.65. The Bertz CT molecular complexity index is 473. The topological polar surface area (TPSA) is 53.8 Å². The molecular weight excluding hydrogens is 236 g/mol. The van der Waals surface area contributed by atoms with Gasteiger partial charge in [-0.1, -0.05) is 25.4 Å². The molecule has 2 rings (SSSR count). The van der Waals surface area contributed by atoms with Crippen LogP contribution in [0.2, 0.25) is 5.15 Å². The number of nitrogens with zero attached hydrogens (tertiary/aromatic N) is 2. The average Bonchev–Trinajstić information content (AvgIpc) is 3.11. The standard InChI is InChI=1S/C11H9ClN2O.C2H6/c1-7(15)8-4-9(14-10(12)5-8)11(6-13)2-3-11;1-2/h4-5H,2-3H2,1H3;1-2H3.